The van der Waals surface area contributed by atoms with Crippen LogP contribution in [0.25, 0.3) is 0 Å². The van der Waals surface area contributed by atoms with Gasteiger partial charge in [-0.15, -0.1) is 0 Å². The Kier molecular flexibility index (Phi) is 4.11. The minimum Gasteiger partial charge on any atom is -0.465 e. The SMILES string of the molecule is Cc1cc(NC2CCN(C(=O)O)CC2)ccc1Br. The number of carboxylic acid groups (broad SMARTS) is 1. The highest BCUT2D eigenvalue weighted by Gasteiger charge is 2.21. The van der Waals surface area contributed by atoms with Crippen LogP contribution in [0.3, 0.4) is 0 Å². The molecule has 1 heterocycles. The van der Waals surface area contributed by atoms with Crippen molar-refractivity contribution in [1.29, 1.82) is 0 Å². The topological polar surface area (TPSA) is 52.6 Å². The molecular weight excluding hydrogens is 296 g/mol. The third-order valence-corrected chi connectivity index (χ3v) is 4.18. The van der Waals surface area contributed by atoms with Gasteiger partial charge in [-0.3, -0.25) is 0 Å². The highest BCUT2D eigenvalue weighted by Crippen LogP contribution is 2.22. The van der Waals surface area contributed by atoms with Crippen molar-refractivity contribution in [1.82, 2.24) is 4.90 Å². The number of benzene rings is 1. The number of nitrogens with zero attached hydrogens (tertiary/aromatic N) is 1. The van der Waals surface area contributed by atoms with E-state index in [2.05, 4.69) is 34.2 Å². The second kappa shape index (κ2) is 5.61. The minimum atomic E-state index is -0.812. The van der Waals surface area contributed by atoms with Gasteiger partial charge in [0.25, 0.3) is 0 Å². The first-order valence-electron chi connectivity index (χ1n) is 6.07. The molecule has 18 heavy (non-hydrogen) atoms. The molecule has 0 bridgehead atoms. The van der Waals surface area contributed by atoms with Crippen molar-refractivity contribution in [2.45, 2.75) is 25.8 Å². The molecule has 4 nitrogen and oxygen atoms in total. The lowest BCUT2D eigenvalue weighted by Gasteiger charge is -2.31. The van der Waals surface area contributed by atoms with E-state index in [1.807, 2.05) is 12.1 Å². The summed E-state index contributed by atoms with van der Waals surface area (Å²) >= 11 is 3.48. The molecule has 1 aliphatic rings. The average Bonchev–Trinajstić information content (AvgIpc) is 2.34. The Morgan fingerprint density at radius 3 is 2.67 bits per heavy atom. The number of amides is 1. The normalized spacial score (nSPS) is 16.7. The van der Waals surface area contributed by atoms with Crippen molar-refractivity contribution in [3.8, 4) is 0 Å². The smallest absolute Gasteiger partial charge is 0.407 e. The quantitative estimate of drug-likeness (QED) is 0.881. The zero-order valence-electron chi connectivity index (χ0n) is 10.3. The molecule has 0 spiro atoms. The summed E-state index contributed by atoms with van der Waals surface area (Å²) in [7, 11) is 0. The van der Waals surface area contributed by atoms with Gasteiger partial charge >= 0.3 is 6.09 Å². The molecule has 1 aromatic rings. The molecule has 1 amide bonds. The van der Waals surface area contributed by atoms with Crippen LogP contribution in [0.2, 0.25) is 0 Å². The monoisotopic (exact) mass is 312 g/mol. The van der Waals surface area contributed by atoms with Gasteiger partial charge in [-0.1, -0.05) is 15.9 Å². The number of piperidine rings is 1. The molecule has 5 heteroatoms. The molecule has 1 fully saturated rings. The molecule has 0 aromatic heterocycles. The number of aryl methyl sites for hydroxylation is 1. The number of likely N-dealkylation sites (tertiary alicyclic amines) is 1. The van der Waals surface area contributed by atoms with Gasteiger partial charge in [-0.2, -0.15) is 0 Å². The molecular formula is C13H17BrN2O2. The Hall–Kier alpha value is -1.23. The van der Waals surface area contributed by atoms with Gasteiger partial charge in [0.15, 0.2) is 0 Å². The summed E-state index contributed by atoms with van der Waals surface area (Å²) in [5.74, 6) is 0. The first-order chi connectivity index (χ1) is 8.56. The van der Waals surface area contributed by atoms with Crippen LogP contribution in [0.1, 0.15) is 18.4 Å². The van der Waals surface area contributed by atoms with E-state index in [0.29, 0.717) is 19.1 Å². The largest absolute Gasteiger partial charge is 0.465 e. The maximum absolute atomic E-state index is 10.8. The van der Waals surface area contributed by atoms with Crippen LogP contribution in [0, 0.1) is 6.92 Å². The van der Waals surface area contributed by atoms with Gasteiger partial charge in [-0.25, -0.2) is 4.79 Å². The van der Waals surface area contributed by atoms with Gasteiger partial charge < -0.3 is 15.3 Å². The van der Waals surface area contributed by atoms with Gasteiger partial charge in [-0.05, 0) is 43.5 Å². The highest BCUT2D eigenvalue weighted by atomic mass is 79.9. The molecule has 0 aliphatic carbocycles. The number of halogens is 1. The fourth-order valence-electron chi connectivity index (χ4n) is 2.19. The molecule has 0 radical (unpaired) electrons. The third-order valence-electron chi connectivity index (χ3n) is 3.29. The third kappa shape index (κ3) is 3.16. The van der Waals surface area contributed by atoms with Crippen LogP contribution in [-0.4, -0.2) is 35.2 Å². The lowest BCUT2D eigenvalue weighted by Crippen LogP contribution is -2.41. The standard InChI is InChI=1S/C13H17BrN2O2/c1-9-8-11(2-3-12(9)14)15-10-4-6-16(7-5-10)13(17)18/h2-3,8,10,15H,4-7H2,1H3,(H,17,18). The lowest BCUT2D eigenvalue weighted by molar-refractivity contribution is 0.134. The zero-order chi connectivity index (χ0) is 13.1. The van der Waals surface area contributed by atoms with Gasteiger partial charge in [0.05, 0.1) is 0 Å². The summed E-state index contributed by atoms with van der Waals surface area (Å²) < 4.78 is 1.11. The van der Waals surface area contributed by atoms with Crippen molar-refractivity contribution in [2.24, 2.45) is 0 Å². The molecule has 0 unspecified atom stereocenters. The first-order valence-corrected chi connectivity index (χ1v) is 6.86. The Morgan fingerprint density at radius 1 is 1.44 bits per heavy atom. The number of carbonyl (C=O) groups is 1. The predicted octanol–water partition coefficient (Wildman–Crippen LogP) is 3.31. The van der Waals surface area contributed by atoms with E-state index in [0.717, 1.165) is 23.0 Å². The Morgan fingerprint density at radius 2 is 2.11 bits per heavy atom. The Balaban J connectivity index is 1.91. The number of nitrogens with one attached hydrogen (secondary N) is 1. The molecule has 1 aromatic carbocycles. The van der Waals surface area contributed by atoms with Crippen molar-refractivity contribution >= 4 is 27.7 Å². The molecule has 2 N–H and O–H groups in total. The van der Waals surface area contributed by atoms with E-state index in [4.69, 9.17) is 5.11 Å². The number of hydrogen-bond donors (Lipinski definition) is 2. The zero-order valence-corrected chi connectivity index (χ0v) is 11.9. The summed E-state index contributed by atoms with van der Waals surface area (Å²) in [6.45, 7) is 3.29. The predicted molar refractivity (Wildman–Crippen MR) is 75.1 cm³/mol. The van der Waals surface area contributed by atoms with E-state index < -0.39 is 6.09 Å². The van der Waals surface area contributed by atoms with Gasteiger partial charge in [0, 0.05) is 29.3 Å². The van der Waals surface area contributed by atoms with E-state index in [9.17, 15) is 4.79 Å². The maximum Gasteiger partial charge on any atom is 0.407 e. The highest BCUT2D eigenvalue weighted by molar-refractivity contribution is 9.10. The fraction of sp³-hybridized carbons (Fsp3) is 0.462. The molecule has 1 saturated heterocycles. The second-order valence-corrected chi connectivity index (χ2v) is 5.51. The van der Waals surface area contributed by atoms with E-state index in [1.165, 1.54) is 10.5 Å². The van der Waals surface area contributed by atoms with E-state index in [-0.39, 0.29) is 0 Å². The summed E-state index contributed by atoms with van der Waals surface area (Å²) in [6.07, 6.45) is 0.913. The molecule has 2 rings (SSSR count). The van der Waals surface area contributed by atoms with Crippen molar-refractivity contribution in [3.63, 3.8) is 0 Å². The minimum absolute atomic E-state index is 0.362. The van der Waals surface area contributed by atoms with Crippen LogP contribution < -0.4 is 5.32 Å². The van der Waals surface area contributed by atoms with Gasteiger partial charge in [0.1, 0.15) is 0 Å². The number of rotatable bonds is 2. The van der Waals surface area contributed by atoms with Crippen LogP contribution in [-0.2, 0) is 0 Å². The van der Waals surface area contributed by atoms with Gasteiger partial charge in [0.2, 0.25) is 0 Å². The van der Waals surface area contributed by atoms with Crippen molar-refractivity contribution in [2.75, 3.05) is 18.4 Å². The molecule has 98 valence electrons. The summed E-state index contributed by atoms with van der Waals surface area (Å²) in [4.78, 5) is 12.3. The Labute approximate surface area is 115 Å². The van der Waals surface area contributed by atoms with Crippen LogP contribution in [0.15, 0.2) is 22.7 Å². The van der Waals surface area contributed by atoms with Crippen molar-refractivity contribution in [3.05, 3.63) is 28.2 Å². The molecule has 0 saturated carbocycles. The summed E-state index contributed by atoms with van der Waals surface area (Å²) in [5, 5.41) is 12.3. The number of anilines is 1. The molecule has 0 atom stereocenters. The van der Waals surface area contributed by atoms with Crippen LogP contribution in [0.5, 0.6) is 0 Å². The number of hydrogen-bond acceptors (Lipinski definition) is 2. The van der Waals surface area contributed by atoms with E-state index >= 15 is 0 Å². The second-order valence-electron chi connectivity index (χ2n) is 4.65. The molecule has 1 aliphatic heterocycles. The maximum atomic E-state index is 10.8. The fourth-order valence-corrected chi connectivity index (χ4v) is 2.43. The van der Waals surface area contributed by atoms with E-state index in [1.54, 1.807) is 0 Å². The van der Waals surface area contributed by atoms with Crippen molar-refractivity contribution < 1.29 is 9.90 Å². The lowest BCUT2D eigenvalue weighted by atomic mass is 10.0. The average molecular weight is 313 g/mol. The van der Waals surface area contributed by atoms with Crippen LogP contribution >= 0.6 is 15.9 Å². The first kappa shape index (κ1) is 13.2. The Bertz CT molecular complexity index is 443. The van der Waals surface area contributed by atoms with Crippen LogP contribution in [0.4, 0.5) is 10.5 Å². The summed E-state index contributed by atoms with van der Waals surface area (Å²) in [5.41, 5.74) is 2.30. The summed E-state index contributed by atoms with van der Waals surface area (Å²) in [6, 6.07) is 6.54.